The zero-order chi connectivity index (χ0) is 13.4. The van der Waals surface area contributed by atoms with Gasteiger partial charge in [0, 0.05) is 31.0 Å². The molecule has 0 radical (unpaired) electrons. The molecule has 1 aromatic rings. The van der Waals surface area contributed by atoms with Gasteiger partial charge in [-0.2, -0.15) is 0 Å². The molecule has 1 saturated carbocycles. The van der Waals surface area contributed by atoms with E-state index in [0.29, 0.717) is 16.5 Å². The van der Waals surface area contributed by atoms with Crippen molar-refractivity contribution in [2.24, 2.45) is 11.7 Å². The number of halogens is 1. The predicted molar refractivity (Wildman–Crippen MR) is 70.9 cm³/mol. The van der Waals surface area contributed by atoms with Crippen molar-refractivity contribution in [3.8, 4) is 0 Å². The van der Waals surface area contributed by atoms with Gasteiger partial charge in [0.05, 0.1) is 22.7 Å². The van der Waals surface area contributed by atoms with Crippen LogP contribution in [0.3, 0.4) is 0 Å². The molecule has 1 aromatic heterocycles. The lowest BCUT2D eigenvalue weighted by Crippen LogP contribution is -2.72. The first kappa shape index (κ1) is 12.8. The first-order valence-corrected chi connectivity index (χ1v) is 6.84. The molecule has 3 rings (SSSR count). The molecule has 6 heteroatoms. The van der Waals surface area contributed by atoms with Crippen LogP contribution in [0.25, 0.3) is 0 Å². The van der Waals surface area contributed by atoms with Crippen molar-refractivity contribution in [1.82, 2.24) is 10.3 Å². The van der Waals surface area contributed by atoms with Crippen LogP contribution in [0.5, 0.6) is 0 Å². The monoisotopic (exact) mass is 281 g/mol. The third-order valence-electron chi connectivity index (χ3n) is 3.99. The first-order chi connectivity index (χ1) is 9.18. The van der Waals surface area contributed by atoms with Gasteiger partial charge in [-0.1, -0.05) is 11.6 Å². The molecule has 19 heavy (non-hydrogen) atoms. The van der Waals surface area contributed by atoms with Gasteiger partial charge in [-0.05, 0) is 18.9 Å². The summed E-state index contributed by atoms with van der Waals surface area (Å²) >= 11 is 5.95. The number of carbonyl (C=O) groups excluding carboxylic acids is 1. The Kier molecular flexibility index (Phi) is 3.43. The average Bonchev–Trinajstić information content (AvgIpc) is 2.44. The van der Waals surface area contributed by atoms with E-state index in [1.807, 2.05) is 0 Å². The van der Waals surface area contributed by atoms with Crippen LogP contribution < -0.4 is 11.1 Å². The molecule has 4 atom stereocenters. The average molecular weight is 282 g/mol. The Morgan fingerprint density at radius 1 is 1.58 bits per heavy atom. The zero-order valence-corrected chi connectivity index (χ0v) is 11.1. The molecule has 1 amide bonds. The molecular formula is C13H16ClN3O2. The van der Waals surface area contributed by atoms with Crippen molar-refractivity contribution in [1.29, 1.82) is 0 Å². The molecule has 1 aliphatic heterocycles. The largest absolute Gasteiger partial charge is 0.376 e. The molecule has 1 aliphatic carbocycles. The number of rotatable bonds is 2. The highest BCUT2D eigenvalue weighted by Gasteiger charge is 2.51. The molecular weight excluding hydrogens is 266 g/mol. The SMILES string of the molecule is NC1C2CCCOC2C1NC(=O)c1ccncc1Cl. The molecule has 0 bridgehead atoms. The number of fused-ring (bicyclic) bond motifs is 1. The molecule has 102 valence electrons. The summed E-state index contributed by atoms with van der Waals surface area (Å²) < 4.78 is 5.69. The van der Waals surface area contributed by atoms with E-state index in [0.717, 1.165) is 19.4 Å². The Balaban J connectivity index is 1.69. The van der Waals surface area contributed by atoms with Crippen molar-refractivity contribution in [3.63, 3.8) is 0 Å². The van der Waals surface area contributed by atoms with Gasteiger partial charge in [-0.25, -0.2) is 0 Å². The lowest BCUT2D eigenvalue weighted by atomic mass is 9.68. The third-order valence-corrected chi connectivity index (χ3v) is 4.29. The number of nitrogens with one attached hydrogen (secondary N) is 1. The van der Waals surface area contributed by atoms with Gasteiger partial charge in [-0.15, -0.1) is 0 Å². The normalized spacial score (nSPS) is 33.2. The Morgan fingerprint density at radius 2 is 2.42 bits per heavy atom. The number of amides is 1. The number of aromatic nitrogens is 1. The van der Waals surface area contributed by atoms with E-state index >= 15 is 0 Å². The predicted octanol–water partition coefficient (Wildman–Crippen LogP) is 0.970. The fourth-order valence-corrected chi connectivity index (χ4v) is 3.12. The zero-order valence-electron chi connectivity index (χ0n) is 10.4. The molecule has 0 spiro atoms. The van der Waals surface area contributed by atoms with Crippen molar-refractivity contribution in [3.05, 3.63) is 29.0 Å². The second kappa shape index (κ2) is 5.07. The van der Waals surface area contributed by atoms with Gasteiger partial charge in [0.2, 0.25) is 0 Å². The molecule has 2 heterocycles. The maximum absolute atomic E-state index is 12.2. The highest BCUT2D eigenvalue weighted by molar-refractivity contribution is 6.33. The highest BCUT2D eigenvalue weighted by atomic mass is 35.5. The fourth-order valence-electron chi connectivity index (χ4n) is 2.91. The Labute approximate surface area is 116 Å². The van der Waals surface area contributed by atoms with Crippen molar-refractivity contribution >= 4 is 17.5 Å². The third kappa shape index (κ3) is 2.22. The van der Waals surface area contributed by atoms with E-state index in [2.05, 4.69) is 10.3 Å². The second-order valence-corrected chi connectivity index (χ2v) is 5.48. The summed E-state index contributed by atoms with van der Waals surface area (Å²) in [4.78, 5) is 16.0. The van der Waals surface area contributed by atoms with Crippen LogP contribution in [0.15, 0.2) is 18.5 Å². The summed E-state index contributed by atoms with van der Waals surface area (Å²) in [5.41, 5.74) is 6.52. The van der Waals surface area contributed by atoms with Crippen LogP contribution in [-0.4, -0.2) is 35.7 Å². The number of hydrogen-bond acceptors (Lipinski definition) is 4. The standard InChI is InChI=1S/C13H16ClN3O2/c14-9-6-16-4-3-7(9)13(18)17-11-10(15)8-2-1-5-19-12(8)11/h3-4,6,8,10-12H,1-2,5,15H2,(H,17,18). The molecule has 2 aliphatic rings. The summed E-state index contributed by atoms with van der Waals surface area (Å²) in [5.74, 6) is 0.146. The molecule has 3 N–H and O–H groups in total. The van der Waals surface area contributed by atoms with Crippen LogP contribution >= 0.6 is 11.6 Å². The smallest absolute Gasteiger partial charge is 0.253 e. The fraction of sp³-hybridized carbons (Fsp3) is 0.538. The summed E-state index contributed by atoms with van der Waals surface area (Å²) in [6.45, 7) is 0.746. The van der Waals surface area contributed by atoms with E-state index in [1.54, 1.807) is 12.3 Å². The van der Waals surface area contributed by atoms with Gasteiger partial charge in [0.25, 0.3) is 5.91 Å². The number of nitrogens with two attached hydrogens (primary N) is 1. The number of nitrogens with zero attached hydrogens (tertiary/aromatic N) is 1. The summed E-state index contributed by atoms with van der Waals surface area (Å²) in [7, 11) is 0. The maximum atomic E-state index is 12.2. The van der Waals surface area contributed by atoms with Crippen molar-refractivity contribution in [2.75, 3.05) is 6.61 Å². The molecule has 0 aromatic carbocycles. The van der Waals surface area contributed by atoms with E-state index in [-0.39, 0.29) is 24.1 Å². The van der Waals surface area contributed by atoms with Gasteiger partial charge < -0.3 is 15.8 Å². The van der Waals surface area contributed by atoms with Crippen molar-refractivity contribution < 1.29 is 9.53 Å². The molecule has 4 unspecified atom stereocenters. The van der Waals surface area contributed by atoms with Crippen LogP contribution in [0.2, 0.25) is 5.02 Å². The quantitative estimate of drug-likeness (QED) is 0.847. The highest BCUT2D eigenvalue weighted by Crippen LogP contribution is 2.37. The van der Waals surface area contributed by atoms with Crippen LogP contribution in [0, 0.1) is 5.92 Å². The Morgan fingerprint density at radius 3 is 3.21 bits per heavy atom. The van der Waals surface area contributed by atoms with E-state index in [1.165, 1.54) is 6.20 Å². The Hall–Kier alpha value is -1.17. The van der Waals surface area contributed by atoms with E-state index in [9.17, 15) is 4.79 Å². The minimum absolute atomic E-state index is 0.0325. The van der Waals surface area contributed by atoms with E-state index < -0.39 is 0 Å². The topological polar surface area (TPSA) is 77.2 Å². The Bertz CT molecular complexity index is 497. The number of carbonyl (C=O) groups is 1. The van der Waals surface area contributed by atoms with Crippen molar-refractivity contribution in [2.45, 2.75) is 31.0 Å². The van der Waals surface area contributed by atoms with Gasteiger partial charge in [0.15, 0.2) is 0 Å². The lowest BCUT2D eigenvalue weighted by Gasteiger charge is -2.52. The van der Waals surface area contributed by atoms with E-state index in [4.69, 9.17) is 22.1 Å². The van der Waals surface area contributed by atoms with Gasteiger partial charge >= 0.3 is 0 Å². The first-order valence-electron chi connectivity index (χ1n) is 6.46. The summed E-state index contributed by atoms with van der Waals surface area (Å²) in [6, 6.07) is 1.44. The minimum atomic E-state index is -0.222. The number of ether oxygens (including phenoxy) is 1. The molecule has 5 nitrogen and oxygen atoms in total. The second-order valence-electron chi connectivity index (χ2n) is 5.07. The van der Waals surface area contributed by atoms with Crippen LogP contribution in [0.1, 0.15) is 23.2 Å². The van der Waals surface area contributed by atoms with Crippen LogP contribution in [0.4, 0.5) is 0 Å². The van der Waals surface area contributed by atoms with Gasteiger partial charge in [0.1, 0.15) is 0 Å². The summed E-state index contributed by atoms with van der Waals surface area (Å²) in [6.07, 6.45) is 5.17. The minimum Gasteiger partial charge on any atom is -0.376 e. The lowest BCUT2D eigenvalue weighted by molar-refractivity contribution is -0.117. The molecule has 1 saturated heterocycles. The van der Waals surface area contributed by atoms with Crippen LogP contribution in [-0.2, 0) is 4.74 Å². The number of hydrogen-bond donors (Lipinski definition) is 2. The molecule has 2 fully saturated rings. The summed E-state index contributed by atoms with van der Waals surface area (Å²) in [5, 5.41) is 3.26. The maximum Gasteiger partial charge on any atom is 0.253 e. The number of pyridine rings is 1. The van der Waals surface area contributed by atoms with Gasteiger partial charge in [-0.3, -0.25) is 9.78 Å².